The molecule has 1 aliphatic rings. The van der Waals surface area contributed by atoms with Crippen molar-refractivity contribution < 1.29 is 9.52 Å². The van der Waals surface area contributed by atoms with Crippen molar-refractivity contribution in [1.82, 2.24) is 9.88 Å². The number of piperidine rings is 1. The summed E-state index contributed by atoms with van der Waals surface area (Å²) in [5.74, 6) is 0.747. The van der Waals surface area contributed by atoms with Crippen LogP contribution < -0.4 is 0 Å². The lowest BCUT2D eigenvalue weighted by molar-refractivity contribution is 0.0773. The summed E-state index contributed by atoms with van der Waals surface area (Å²) in [7, 11) is 0. The number of benzene rings is 1. The van der Waals surface area contributed by atoms with Gasteiger partial charge in [-0.05, 0) is 31.5 Å². The zero-order chi connectivity index (χ0) is 12.4. The van der Waals surface area contributed by atoms with Gasteiger partial charge in [-0.2, -0.15) is 0 Å². The zero-order valence-electron chi connectivity index (χ0n) is 10.4. The van der Waals surface area contributed by atoms with Crippen molar-refractivity contribution in [1.29, 1.82) is 0 Å². The molecule has 0 saturated carbocycles. The van der Waals surface area contributed by atoms with Crippen LogP contribution in [-0.4, -0.2) is 34.2 Å². The van der Waals surface area contributed by atoms with Crippen molar-refractivity contribution in [3.8, 4) is 0 Å². The summed E-state index contributed by atoms with van der Waals surface area (Å²) >= 11 is 0. The Kier molecular flexibility index (Phi) is 3.30. The van der Waals surface area contributed by atoms with E-state index >= 15 is 0 Å². The van der Waals surface area contributed by atoms with E-state index in [0.717, 1.165) is 30.0 Å². The molecule has 1 fully saturated rings. The first kappa shape index (κ1) is 11.7. The quantitative estimate of drug-likeness (QED) is 0.901. The topological polar surface area (TPSA) is 49.5 Å². The van der Waals surface area contributed by atoms with Gasteiger partial charge in [0.1, 0.15) is 5.52 Å². The Hall–Kier alpha value is -1.39. The van der Waals surface area contributed by atoms with E-state index in [9.17, 15) is 5.11 Å². The van der Waals surface area contributed by atoms with Crippen molar-refractivity contribution in [2.75, 3.05) is 13.2 Å². The first-order valence-electron chi connectivity index (χ1n) is 6.56. The van der Waals surface area contributed by atoms with Gasteiger partial charge in [0.2, 0.25) is 5.89 Å². The van der Waals surface area contributed by atoms with E-state index in [2.05, 4.69) is 9.88 Å². The molecule has 2 heterocycles. The van der Waals surface area contributed by atoms with Gasteiger partial charge in [0, 0.05) is 6.04 Å². The molecule has 1 aromatic heterocycles. The molecule has 18 heavy (non-hydrogen) atoms. The molecule has 1 atom stereocenters. The maximum atomic E-state index is 9.39. The highest BCUT2D eigenvalue weighted by Crippen LogP contribution is 2.21. The Morgan fingerprint density at radius 3 is 3.06 bits per heavy atom. The van der Waals surface area contributed by atoms with Gasteiger partial charge >= 0.3 is 0 Å². The maximum Gasteiger partial charge on any atom is 0.209 e. The van der Waals surface area contributed by atoms with E-state index in [1.54, 1.807) is 0 Å². The fraction of sp³-hybridized carbons (Fsp3) is 0.500. The van der Waals surface area contributed by atoms with Crippen LogP contribution in [0.5, 0.6) is 0 Å². The van der Waals surface area contributed by atoms with Crippen LogP contribution in [0.15, 0.2) is 28.7 Å². The van der Waals surface area contributed by atoms with Crippen LogP contribution in [0, 0.1) is 0 Å². The molecule has 4 heteroatoms. The molecule has 1 aliphatic heterocycles. The number of oxazole rings is 1. The van der Waals surface area contributed by atoms with Crippen LogP contribution >= 0.6 is 0 Å². The van der Waals surface area contributed by atoms with E-state index in [1.807, 2.05) is 24.3 Å². The Balaban J connectivity index is 1.78. The van der Waals surface area contributed by atoms with E-state index in [-0.39, 0.29) is 12.6 Å². The molecule has 96 valence electrons. The summed E-state index contributed by atoms with van der Waals surface area (Å²) in [6, 6.07) is 8.07. The fourth-order valence-electron chi connectivity index (χ4n) is 2.64. The number of aliphatic hydroxyl groups excluding tert-OH is 1. The number of fused-ring (bicyclic) bond motifs is 1. The predicted octanol–water partition coefficient (Wildman–Crippen LogP) is 2.17. The number of aliphatic hydroxyl groups is 1. The van der Waals surface area contributed by atoms with Crippen LogP contribution in [0.1, 0.15) is 25.2 Å². The predicted molar refractivity (Wildman–Crippen MR) is 69.1 cm³/mol. The van der Waals surface area contributed by atoms with Crippen LogP contribution in [0.4, 0.5) is 0 Å². The smallest absolute Gasteiger partial charge is 0.209 e. The Labute approximate surface area is 106 Å². The molecular weight excluding hydrogens is 228 g/mol. The second-order valence-electron chi connectivity index (χ2n) is 4.88. The summed E-state index contributed by atoms with van der Waals surface area (Å²) in [4.78, 5) is 6.76. The minimum absolute atomic E-state index is 0.222. The van der Waals surface area contributed by atoms with Gasteiger partial charge in [0.05, 0.1) is 13.2 Å². The van der Waals surface area contributed by atoms with Crippen molar-refractivity contribution >= 4 is 11.1 Å². The summed E-state index contributed by atoms with van der Waals surface area (Å²) in [5.41, 5.74) is 1.75. The third-order valence-electron chi connectivity index (χ3n) is 3.64. The van der Waals surface area contributed by atoms with Crippen LogP contribution in [-0.2, 0) is 6.54 Å². The van der Waals surface area contributed by atoms with Gasteiger partial charge in [-0.3, -0.25) is 4.90 Å². The molecule has 2 aromatic rings. The van der Waals surface area contributed by atoms with Gasteiger partial charge in [-0.1, -0.05) is 18.6 Å². The zero-order valence-corrected chi connectivity index (χ0v) is 10.4. The number of para-hydroxylation sites is 2. The highest BCUT2D eigenvalue weighted by Gasteiger charge is 2.23. The molecule has 4 nitrogen and oxygen atoms in total. The van der Waals surface area contributed by atoms with E-state index in [0.29, 0.717) is 6.54 Å². The molecule has 0 bridgehead atoms. The Morgan fingerprint density at radius 2 is 2.22 bits per heavy atom. The second-order valence-corrected chi connectivity index (χ2v) is 4.88. The summed E-state index contributed by atoms with van der Waals surface area (Å²) in [6.07, 6.45) is 3.46. The van der Waals surface area contributed by atoms with Gasteiger partial charge < -0.3 is 9.52 Å². The number of aromatic nitrogens is 1. The fourth-order valence-corrected chi connectivity index (χ4v) is 2.64. The first-order chi connectivity index (χ1) is 8.86. The third kappa shape index (κ3) is 2.26. The Bertz CT molecular complexity index is 490. The van der Waals surface area contributed by atoms with Crippen molar-refractivity contribution in [2.45, 2.75) is 31.8 Å². The van der Waals surface area contributed by atoms with Crippen LogP contribution in [0.2, 0.25) is 0 Å². The number of likely N-dealkylation sites (tertiary alicyclic amines) is 1. The molecule has 0 aliphatic carbocycles. The molecule has 1 unspecified atom stereocenters. The molecule has 0 spiro atoms. The van der Waals surface area contributed by atoms with Gasteiger partial charge in [-0.25, -0.2) is 4.98 Å². The molecule has 0 amide bonds. The highest BCUT2D eigenvalue weighted by atomic mass is 16.3. The van der Waals surface area contributed by atoms with Gasteiger partial charge in [-0.15, -0.1) is 0 Å². The number of nitrogens with zero attached hydrogens (tertiary/aromatic N) is 2. The largest absolute Gasteiger partial charge is 0.439 e. The SMILES string of the molecule is OCC1CCCCN1Cc1nc2ccccc2o1. The standard InChI is InChI=1S/C14H18N2O2/c17-10-11-5-3-4-8-16(11)9-14-15-12-6-1-2-7-13(12)18-14/h1-2,6-7,11,17H,3-5,8-10H2. The number of rotatable bonds is 3. The number of hydrogen-bond acceptors (Lipinski definition) is 4. The van der Waals surface area contributed by atoms with Gasteiger partial charge in [0.15, 0.2) is 5.58 Å². The summed E-state index contributed by atoms with van der Waals surface area (Å²) < 4.78 is 5.73. The van der Waals surface area contributed by atoms with E-state index < -0.39 is 0 Å². The van der Waals surface area contributed by atoms with Crippen LogP contribution in [0.25, 0.3) is 11.1 Å². The molecular formula is C14H18N2O2. The molecule has 3 rings (SSSR count). The van der Waals surface area contributed by atoms with Crippen molar-refractivity contribution in [2.24, 2.45) is 0 Å². The highest BCUT2D eigenvalue weighted by molar-refractivity contribution is 5.72. The lowest BCUT2D eigenvalue weighted by atomic mass is 10.0. The van der Waals surface area contributed by atoms with Gasteiger partial charge in [0.25, 0.3) is 0 Å². The first-order valence-corrected chi connectivity index (χ1v) is 6.56. The third-order valence-corrected chi connectivity index (χ3v) is 3.64. The minimum atomic E-state index is 0.222. The lowest BCUT2D eigenvalue weighted by Gasteiger charge is -2.33. The van der Waals surface area contributed by atoms with Crippen molar-refractivity contribution in [3.05, 3.63) is 30.2 Å². The second kappa shape index (κ2) is 5.08. The Morgan fingerprint density at radius 1 is 1.33 bits per heavy atom. The molecule has 1 saturated heterocycles. The summed E-state index contributed by atoms with van der Waals surface area (Å²) in [5, 5.41) is 9.39. The molecule has 1 N–H and O–H groups in total. The average Bonchev–Trinajstić information content (AvgIpc) is 2.81. The number of hydrogen-bond donors (Lipinski definition) is 1. The molecule has 0 radical (unpaired) electrons. The molecule has 1 aromatic carbocycles. The normalized spacial score (nSPS) is 21.5. The monoisotopic (exact) mass is 246 g/mol. The van der Waals surface area contributed by atoms with Crippen molar-refractivity contribution in [3.63, 3.8) is 0 Å². The minimum Gasteiger partial charge on any atom is -0.439 e. The van der Waals surface area contributed by atoms with E-state index in [1.165, 1.54) is 12.8 Å². The summed E-state index contributed by atoms with van der Waals surface area (Å²) in [6.45, 7) is 1.93. The average molecular weight is 246 g/mol. The maximum absolute atomic E-state index is 9.39. The van der Waals surface area contributed by atoms with Crippen LogP contribution in [0.3, 0.4) is 0 Å². The van der Waals surface area contributed by atoms with E-state index in [4.69, 9.17) is 4.42 Å². The lowest BCUT2D eigenvalue weighted by Crippen LogP contribution is -2.41.